The van der Waals surface area contributed by atoms with Crippen LogP contribution >= 0.6 is 0 Å². The number of carbonyl (C=O) groups is 1. The van der Waals surface area contributed by atoms with Crippen molar-refractivity contribution < 1.29 is 4.79 Å². The lowest BCUT2D eigenvalue weighted by atomic mass is 9.90. The number of nitrogens with zero attached hydrogens (tertiary/aromatic N) is 2. The summed E-state index contributed by atoms with van der Waals surface area (Å²) < 4.78 is 0. The van der Waals surface area contributed by atoms with Gasteiger partial charge in [0.1, 0.15) is 0 Å². The number of nitrogens with one attached hydrogen (secondary N) is 1. The second-order valence-corrected chi connectivity index (χ2v) is 6.30. The van der Waals surface area contributed by atoms with Gasteiger partial charge in [0.25, 0.3) is 0 Å². The molecule has 2 fully saturated rings. The molecule has 0 radical (unpaired) electrons. The highest BCUT2D eigenvalue weighted by Gasteiger charge is 2.64. The number of rotatable bonds is 3. The van der Waals surface area contributed by atoms with Crippen molar-refractivity contribution in [3.8, 4) is 6.07 Å². The number of hydrogen-bond acceptors (Lipinski definition) is 3. The predicted molar refractivity (Wildman–Crippen MR) is 80.4 cm³/mol. The Balaban J connectivity index is 1.56. The topological polar surface area (TPSA) is 65.2 Å². The molecule has 1 aromatic carbocycles. The fourth-order valence-corrected chi connectivity index (χ4v) is 3.73. The van der Waals surface area contributed by atoms with Crippen LogP contribution in [0.15, 0.2) is 29.4 Å². The first-order chi connectivity index (χ1) is 10.1. The summed E-state index contributed by atoms with van der Waals surface area (Å²) in [5.74, 6) is 0.740. The first-order valence-corrected chi connectivity index (χ1v) is 7.48. The zero-order valence-corrected chi connectivity index (χ0v) is 12.2. The first-order valence-electron chi connectivity index (χ1n) is 7.48. The zero-order valence-electron chi connectivity index (χ0n) is 12.2. The third kappa shape index (κ3) is 2.56. The average Bonchev–Trinajstić information content (AvgIpc) is 3.13. The number of nitriles is 1. The lowest BCUT2D eigenvalue weighted by Gasteiger charge is -2.15. The van der Waals surface area contributed by atoms with E-state index < -0.39 is 0 Å². The molecular weight excluding hydrogens is 262 g/mol. The molecule has 2 aliphatic carbocycles. The van der Waals surface area contributed by atoms with Crippen LogP contribution < -0.4 is 5.43 Å². The van der Waals surface area contributed by atoms with Crippen molar-refractivity contribution >= 4 is 12.1 Å². The number of amides is 1. The second-order valence-electron chi connectivity index (χ2n) is 6.30. The van der Waals surface area contributed by atoms with Crippen LogP contribution in [0.4, 0.5) is 0 Å². The van der Waals surface area contributed by atoms with Gasteiger partial charge in [-0.2, -0.15) is 10.4 Å². The first kappa shape index (κ1) is 13.8. The van der Waals surface area contributed by atoms with Gasteiger partial charge in [-0.1, -0.05) is 31.9 Å². The Morgan fingerprint density at radius 2 is 2.19 bits per heavy atom. The van der Waals surface area contributed by atoms with Gasteiger partial charge in [0.05, 0.1) is 17.8 Å². The minimum Gasteiger partial charge on any atom is -0.273 e. The summed E-state index contributed by atoms with van der Waals surface area (Å²) >= 11 is 0. The molecule has 108 valence electrons. The van der Waals surface area contributed by atoms with E-state index in [9.17, 15) is 4.79 Å². The quantitative estimate of drug-likeness (QED) is 0.684. The molecular formula is C17H19N3O. The fourth-order valence-electron chi connectivity index (χ4n) is 3.73. The van der Waals surface area contributed by atoms with Crippen LogP contribution in [-0.4, -0.2) is 12.1 Å². The third-order valence-electron chi connectivity index (χ3n) is 5.04. The van der Waals surface area contributed by atoms with Crippen molar-refractivity contribution in [1.29, 1.82) is 5.26 Å². The van der Waals surface area contributed by atoms with E-state index >= 15 is 0 Å². The summed E-state index contributed by atoms with van der Waals surface area (Å²) in [6.07, 6.45) is 6.44. The van der Waals surface area contributed by atoms with Crippen molar-refractivity contribution in [3.05, 3.63) is 35.4 Å². The molecule has 4 nitrogen and oxygen atoms in total. The van der Waals surface area contributed by atoms with E-state index in [1.165, 1.54) is 19.3 Å². The number of carbonyl (C=O) groups excluding carboxylic acids is 1. The van der Waals surface area contributed by atoms with Crippen LogP contribution in [0.3, 0.4) is 0 Å². The predicted octanol–water partition coefficient (Wildman–Crippen LogP) is 2.83. The van der Waals surface area contributed by atoms with Gasteiger partial charge >= 0.3 is 0 Å². The Morgan fingerprint density at radius 3 is 2.81 bits per heavy atom. The van der Waals surface area contributed by atoms with Gasteiger partial charge in [-0.25, -0.2) is 5.43 Å². The number of hydrazone groups is 1. The van der Waals surface area contributed by atoms with Crippen LogP contribution in [-0.2, 0) is 4.79 Å². The maximum Gasteiger partial charge on any atom is 0.244 e. The van der Waals surface area contributed by atoms with E-state index in [1.54, 1.807) is 18.3 Å². The van der Waals surface area contributed by atoms with Crippen molar-refractivity contribution in [1.82, 2.24) is 5.43 Å². The van der Waals surface area contributed by atoms with Crippen LogP contribution in [0.2, 0.25) is 0 Å². The van der Waals surface area contributed by atoms with Crippen LogP contribution in [0.1, 0.15) is 43.7 Å². The Hall–Kier alpha value is -2.15. The van der Waals surface area contributed by atoms with Crippen molar-refractivity contribution in [2.24, 2.45) is 22.4 Å². The van der Waals surface area contributed by atoms with Crippen LogP contribution in [0.5, 0.6) is 0 Å². The van der Waals surface area contributed by atoms with E-state index in [4.69, 9.17) is 5.26 Å². The molecule has 1 N–H and O–H groups in total. The second kappa shape index (κ2) is 5.33. The van der Waals surface area contributed by atoms with E-state index in [2.05, 4.69) is 23.5 Å². The van der Waals surface area contributed by atoms with E-state index in [-0.39, 0.29) is 17.2 Å². The fraction of sp³-hybridized carbons (Fsp3) is 0.471. The zero-order chi connectivity index (χ0) is 14.9. The van der Waals surface area contributed by atoms with Gasteiger partial charge in [-0.05, 0) is 41.9 Å². The average molecular weight is 281 g/mol. The maximum atomic E-state index is 12.2. The largest absolute Gasteiger partial charge is 0.273 e. The highest BCUT2D eigenvalue weighted by atomic mass is 16.2. The standard InChI is InChI=1S/C17H19N3O/c1-17-9-3-2-4-14(17)15(17)16(21)20-19-11-13-7-5-12(10-18)6-8-13/h5-8,11,14-15H,2-4,9H2,1H3,(H,20,21)/b19-11+/t14-,15+,17-/m0/s1. The van der Waals surface area contributed by atoms with E-state index in [0.29, 0.717) is 11.5 Å². The monoisotopic (exact) mass is 281 g/mol. The molecule has 3 rings (SSSR count). The van der Waals surface area contributed by atoms with Crippen molar-refractivity contribution in [2.75, 3.05) is 0 Å². The summed E-state index contributed by atoms with van der Waals surface area (Å²) in [6.45, 7) is 2.23. The van der Waals surface area contributed by atoms with Gasteiger partial charge in [0.2, 0.25) is 5.91 Å². The van der Waals surface area contributed by atoms with Crippen LogP contribution in [0, 0.1) is 28.6 Å². The number of fused-ring (bicyclic) bond motifs is 1. The minimum atomic E-state index is 0.0503. The molecule has 3 atom stereocenters. The summed E-state index contributed by atoms with van der Waals surface area (Å²) in [5, 5.41) is 12.8. The lowest BCUT2D eigenvalue weighted by molar-refractivity contribution is -0.123. The van der Waals surface area contributed by atoms with Gasteiger partial charge in [-0.3, -0.25) is 4.79 Å². The number of hydrogen-bond donors (Lipinski definition) is 1. The highest BCUT2D eigenvalue weighted by molar-refractivity contribution is 5.85. The van der Waals surface area contributed by atoms with Gasteiger partial charge < -0.3 is 0 Å². The molecule has 0 unspecified atom stereocenters. The molecule has 4 heteroatoms. The molecule has 0 aliphatic heterocycles. The number of benzene rings is 1. The minimum absolute atomic E-state index is 0.0503. The smallest absolute Gasteiger partial charge is 0.244 e. The maximum absolute atomic E-state index is 12.2. The molecule has 2 saturated carbocycles. The molecule has 0 aromatic heterocycles. The van der Waals surface area contributed by atoms with E-state index in [1.807, 2.05) is 12.1 Å². The molecule has 1 aromatic rings. The Bertz CT molecular complexity index is 614. The van der Waals surface area contributed by atoms with Gasteiger partial charge in [0.15, 0.2) is 0 Å². The van der Waals surface area contributed by atoms with Crippen molar-refractivity contribution in [2.45, 2.75) is 32.6 Å². The lowest BCUT2D eigenvalue weighted by Crippen LogP contribution is -2.22. The third-order valence-corrected chi connectivity index (χ3v) is 5.04. The molecule has 2 aliphatic rings. The Morgan fingerprint density at radius 1 is 1.43 bits per heavy atom. The summed E-state index contributed by atoms with van der Waals surface area (Å²) in [7, 11) is 0. The molecule has 0 bridgehead atoms. The normalized spacial score (nSPS) is 30.5. The Labute approximate surface area is 124 Å². The summed E-state index contributed by atoms with van der Waals surface area (Å²) in [6, 6.07) is 9.17. The highest BCUT2D eigenvalue weighted by Crippen LogP contribution is 2.66. The summed E-state index contributed by atoms with van der Waals surface area (Å²) in [5.41, 5.74) is 4.37. The SMILES string of the molecule is C[C@]12CCCC[C@H]1[C@@H]2C(=O)N/N=C/c1ccc(C#N)cc1. The molecule has 21 heavy (non-hydrogen) atoms. The molecule has 1 amide bonds. The van der Waals surface area contributed by atoms with Gasteiger partial charge in [-0.15, -0.1) is 0 Å². The molecule has 0 heterocycles. The van der Waals surface area contributed by atoms with Gasteiger partial charge in [0, 0.05) is 5.92 Å². The van der Waals surface area contributed by atoms with Crippen molar-refractivity contribution in [3.63, 3.8) is 0 Å². The Kier molecular flexibility index (Phi) is 3.50. The molecule has 0 spiro atoms. The van der Waals surface area contributed by atoms with E-state index in [0.717, 1.165) is 12.0 Å². The van der Waals surface area contributed by atoms with Crippen LogP contribution in [0.25, 0.3) is 0 Å². The summed E-state index contributed by atoms with van der Waals surface area (Å²) in [4.78, 5) is 12.2. The molecule has 0 saturated heterocycles.